The summed E-state index contributed by atoms with van der Waals surface area (Å²) in [5.74, 6) is 0.329. The SMILES string of the molecule is CCCCCCCCCC/C=C\CCCCCC(C)=O. The minimum Gasteiger partial charge on any atom is -0.300 e. The van der Waals surface area contributed by atoms with Gasteiger partial charge in [0.05, 0.1) is 0 Å². The first-order valence-corrected chi connectivity index (χ1v) is 8.91. The molecule has 20 heavy (non-hydrogen) atoms. The molecule has 0 aliphatic carbocycles. The van der Waals surface area contributed by atoms with Crippen LogP contribution in [0.3, 0.4) is 0 Å². The van der Waals surface area contributed by atoms with Crippen molar-refractivity contribution in [1.29, 1.82) is 0 Å². The Hall–Kier alpha value is -0.590. The molecule has 0 aliphatic heterocycles. The number of carbonyl (C=O) groups is 1. The van der Waals surface area contributed by atoms with Crippen molar-refractivity contribution >= 4 is 5.78 Å². The topological polar surface area (TPSA) is 17.1 Å². The second-order valence-electron chi connectivity index (χ2n) is 6.04. The summed E-state index contributed by atoms with van der Waals surface area (Å²) < 4.78 is 0. The third-order valence-corrected chi connectivity index (χ3v) is 3.79. The normalized spacial score (nSPS) is 11.3. The molecule has 0 rings (SSSR count). The maximum atomic E-state index is 10.8. The highest BCUT2D eigenvalue weighted by Crippen LogP contribution is 2.10. The van der Waals surface area contributed by atoms with E-state index in [1.165, 1.54) is 77.0 Å². The van der Waals surface area contributed by atoms with Crippen LogP contribution in [0.25, 0.3) is 0 Å². The lowest BCUT2D eigenvalue weighted by Gasteiger charge is -2.00. The van der Waals surface area contributed by atoms with Crippen LogP contribution in [-0.2, 0) is 4.79 Å². The molecule has 118 valence electrons. The Morgan fingerprint density at radius 3 is 1.65 bits per heavy atom. The van der Waals surface area contributed by atoms with Crippen LogP contribution < -0.4 is 0 Å². The van der Waals surface area contributed by atoms with Crippen molar-refractivity contribution in [3.8, 4) is 0 Å². The fraction of sp³-hybridized carbons (Fsp3) is 0.842. The molecule has 0 fully saturated rings. The van der Waals surface area contributed by atoms with Crippen LogP contribution in [0, 0.1) is 0 Å². The minimum atomic E-state index is 0.329. The number of Topliss-reactive ketones (excluding diaryl/α,β-unsaturated/α-hetero) is 1. The average Bonchev–Trinajstić information content (AvgIpc) is 2.43. The van der Waals surface area contributed by atoms with Gasteiger partial charge in [0, 0.05) is 6.42 Å². The van der Waals surface area contributed by atoms with Crippen LogP contribution in [-0.4, -0.2) is 5.78 Å². The minimum absolute atomic E-state index is 0.329. The van der Waals surface area contributed by atoms with Crippen LogP contribution in [0.1, 0.15) is 104 Å². The lowest BCUT2D eigenvalue weighted by atomic mass is 10.1. The first-order valence-electron chi connectivity index (χ1n) is 8.91. The Kier molecular flexibility index (Phi) is 16.0. The maximum Gasteiger partial charge on any atom is 0.129 e. The molecule has 0 saturated heterocycles. The van der Waals surface area contributed by atoms with Gasteiger partial charge in [0.2, 0.25) is 0 Å². The number of allylic oxidation sites excluding steroid dienone is 2. The monoisotopic (exact) mass is 280 g/mol. The van der Waals surface area contributed by atoms with E-state index in [0.717, 1.165) is 12.8 Å². The molecule has 0 heterocycles. The highest BCUT2D eigenvalue weighted by Gasteiger charge is 1.93. The van der Waals surface area contributed by atoms with Crippen molar-refractivity contribution in [3.63, 3.8) is 0 Å². The summed E-state index contributed by atoms with van der Waals surface area (Å²) in [4.78, 5) is 10.8. The van der Waals surface area contributed by atoms with Gasteiger partial charge in [-0.3, -0.25) is 0 Å². The van der Waals surface area contributed by atoms with Gasteiger partial charge in [0.1, 0.15) is 5.78 Å². The molecule has 1 nitrogen and oxygen atoms in total. The third kappa shape index (κ3) is 17.4. The Bertz CT molecular complexity index is 230. The number of rotatable bonds is 15. The van der Waals surface area contributed by atoms with Crippen LogP contribution in [0.15, 0.2) is 12.2 Å². The van der Waals surface area contributed by atoms with E-state index in [1.54, 1.807) is 6.92 Å². The Labute approximate surface area is 127 Å². The molecule has 0 saturated carbocycles. The smallest absolute Gasteiger partial charge is 0.129 e. The molecule has 1 heteroatoms. The summed E-state index contributed by atoms with van der Waals surface area (Å²) in [6, 6.07) is 0. The summed E-state index contributed by atoms with van der Waals surface area (Å²) in [5.41, 5.74) is 0. The molecule has 0 aromatic rings. The largest absolute Gasteiger partial charge is 0.300 e. The van der Waals surface area contributed by atoms with E-state index in [1.807, 2.05) is 0 Å². The predicted molar refractivity (Wildman–Crippen MR) is 90.1 cm³/mol. The van der Waals surface area contributed by atoms with Crippen LogP contribution in [0.2, 0.25) is 0 Å². The number of ketones is 1. The molecule has 0 radical (unpaired) electrons. The van der Waals surface area contributed by atoms with Crippen LogP contribution >= 0.6 is 0 Å². The van der Waals surface area contributed by atoms with Gasteiger partial charge in [-0.05, 0) is 39.0 Å². The molecule has 0 aromatic carbocycles. The zero-order valence-electron chi connectivity index (χ0n) is 14.0. The number of hydrogen-bond acceptors (Lipinski definition) is 1. The first-order chi connectivity index (χ1) is 9.77. The highest BCUT2D eigenvalue weighted by molar-refractivity contribution is 5.75. The fourth-order valence-electron chi connectivity index (χ4n) is 2.44. The molecule has 0 N–H and O–H groups in total. The number of hydrogen-bond donors (Lipinski definition) is 0. The summed E-state index contributed by atoms with van der Waals surface area (Å²) >= 11 is 0. The fourth-order valence-corrected chi connectivity index (χ4v) is 2.44. The van der Waals surface area contributed by atoms with Gasteiger partial charge in [-0.15, -0.1) is 0 Å². The lowest BCUT2D eigenvalue weighted by molar-refractivity contribution is -0.117. The maximum absolute atomic E-state index is 10.8. The van der Waals surface area contributed by atoms with Gasteiger partial charge in [0.25, 0.3) is 0 Å². The Morgan fingerprint density at radius 2 is 1.15 bits per heavy atom. The van der Waals surface area contributed by atoms with Gasteiger partial charge in [-0.2, -0.15) is 0 Å². The zero-order valence-corrected chi connectivity index (χ0v) is 14.0. The summed E-state index contributed by atoms with van der Waals surface area (Å²) in [6.07, 6.45) is 22.6. The molecular weight excluding hydrogens is 244 g/mol. The van der Waals surface area contributed by atoms with E-state index in [-0.39, 0.29) is 0 Å². The molecule has 0 aromatic heterocycles. The van der Waals surface area contributed by atoms with E-state index in [2.05, 4.69) is 19.1 Å². The lowest BCUT2D eigenvalue weighted by Crippen LogP contribution is -1.88. The number of carbonyl (C=O) groups excluding carboxylic acids is 1. The van der Waals surface area contributed by atoms with E-state index < -0.39 is 0 Å². The number of unbranched alkanes of at least 4 members (excludes halogenated alkanes) is 11. The highest BCUT2D eigenvalue weighted by atomic mass is 16.1. The summed E-state index contributed by atoms with van der Waals surface area (Å²) in [6.45, 7) is 3.96. The summed E-state index contributed by atoms with van der Waals surface area (Å²) in [7, 11) is 0. The molecule has 0 unspecified atom stereocenters. The standard InChI is InChI=1S/C19H36O/c1-3-4-5-6-7-8-9-10-11-12-13-14-15-16-17-18-19(2)20/h12-13H,3-11,14-18H2,1-2H3/b13-12-. The van der Waals surface area contributed by atoms with Gasteiger partial charge in [-0.25, -0.2) is 0 Å². The zero-order chi connectivity index (χ0) is 14.9. The Balaban J connectivity index is 3.07. The first kappa shape index (κ1) is 19.4. The van der Waals surface area contributed by atoms with E-state index in [9.17, 15) is 4.79 Å². The van der Waals surface area contributed by atoms with Gasteiger partial charge >= 0.3 is 0 Å². The Morgan fingerprint density at radius 1 is 0.700 bits per heavy atom. The van der Waals surface area contributed by atoms with Crippen molar-refractivity contribution in [2.45, 2.75) is 104 Å². The van der Waals surface area contributed by atoms with E-state index in [0.29, 0.717) is 5.78 Å². The molecule has 0 spiro atoms. The van der Waals surface area contributed by atoms with Crippen molar-refractivity contribution in [3.05, 3.63) is 12.2 Å². The van der Waals surface area contributed by atoms with Crippen LogP contribution in [0.4, 0.5) is 0 Å². The molecule has 0 aliphatic rings. The van der Waals surface area contributed by atoms with E-state index in [4.69, 9.17) is 0 Å². The van der Waals surface area contributed by atoms with Crippen molar-refractivity contribution < 1.29 is 4.79 Å². The van der Waals surface area contributed by atoms with Gasteiger partial charge in [-0.1, -0.05) is 70.4 Å². The van der Waals surface area contributed by atoms with Gasteiger partial charge < -0.3 is 4.79 Å². The molecule has 0 amide bonds. The quantitative estimate of drug-likeness (QED) is 0.243. The third-order valence-electron chi connectivity index (χ3n) is 3.79. The second kappa shape index (κ2) is 16.5. The molecule has 0 atom stereocenters. The van der Waals surface area contributed by atoms with Gasteiger partial charge in [0.15, 0.2) is 0 Å². The van der Waals surface area contributed by atoms with Crippen molar-refractivity contribution in [1.82, 2.24) is 0 Å². The van der Waals surface area contributed by atoms with E-state index >= 15 is 0 Å². The predicted octanol–water partition coefficient (Wildman–Crippen LogP) is 6.61. The van der Waals surface area contributed by atoms with Crippen molar-refractivity contribution in [2.24, 2.45) is 0 Å². The average molecular weight is 280 g/mol. The van der Waals surface area contributed by atoms with Crippen molar-refractivity contribution in [2.75, 3.05) is 0 Å². The second-order valence-corrected chi connectivity index (χ2v) is 6.04. The molecule has 0 bridgehead atoms. The van der Waals surface area contributed by atoms with Crippen LogP contribution in [0.5, 0.6) is 0 Å². The molecular formula is C19H36O. The summed E-state index contributed by atoms with van der Waals surface area (Å²) in [5, 5.41) is 0.